The van der Waals surface area contributed by atoms with Crippen molar-refractivity contribution >= 4 is 6.08 Å². The molecule has 0 saturated heterocycles. The normalized spacial score (nSPS) is 28.3. The van der Waals surface area contributed by atoms with Gasteiger partial charge in [0.05, 0.1) is 11.7 Å². The number of hydrogen-bond donors (Lipinski definition) is 1. The highest BCUT2D eigenvalue weighted by Gasteiger charge is 2.26. The van der Waals surface area contributed by atoms with Gasteiger partial charge in [0.1, 0.15) is 0 Å². The lowest BCUT2D eigenvalue weighted by Gasteiger charge is -2.30. The van der Waals surface area contributed by atoms with Crippen molar-refractivity contribution in [2.24, 2.45) is 5.92 Å². The van der Waals surface area contributed by atoms with Crippen molar-refractivity contribution in [2.45, 2.75) is 6.04 Å². The van der Waals surface area contributed by atoms with Crippen LogP contribution in [0.1, 0.15) is 17.3 Å². The summed E-state index contributed by atoms with van der Waals surface area (Å²) in [6, 6.07) is 4.48. The van der Waals surface area contributed by atoms with Crippen LogP contribution in [0.5, 0.6) is 0 Å². The molecule has 1 aromatic rings. The molecule has 0 saturated carbocycles. The van der Waals surface area contributed by atoms with E-state index in [-0.39, 0.29) is 0 Å². The van der Waals surface area contributed by atoms with Gasteiger partial charge in [0.2, 0.25) is 0 Å². The zero-order chi connectivity index (χ0) is 9.38. The third-order valence-electron chi connectivity index (χ3n) is 2.86. The van der Waals surface area contributed by atoms with E-state index in [9.17, 15) is 0 Å². The molecule has 14 heavy (non-hydrogen) atoms. The molecule has 2 nitrogen and oxygen atoms in total. The van der Waals surface area contributed by atoms with E-state index in [2.05, 4.69) is 40.7 Å². The molecule has 1 aliphatic carbocycles. The van der Waals surface area contributed by atoms with Crippen molar-refractivity contribution in [3.05, 3.63) is 47.8 Å². The van der Waals surface area contributed by atoms with E-state index in [0.717, 1.165) is 6.54 Å². The standard InChI is InChI=1S/C12H12N2/c1-3-9-5-6-10-4-2-8-14-12(10)11(9)13-7-1/h1-7,10,12,14H,8H2/t10-,12?/m1/s1. The molecule has 0 spiro atoms. The predicted octanol–water partition coefficient (Wildman–Crippen LogP) is 1.93. The number of nitrogens with one attached hydrogen (secondary N) is 1. The first-order valence-electron chi connectivity index (χ1n) is 4.98. The molecular weight excluding hydrogens is 172 g/mol. The highest BCUT2D eigenvalue weighted by molar-refractivity contribution is 5.57. The van der Waals surface area contributed by atoms with Crippen molar-refractivity contribution in [1.82, 2.24) is 10.3 Å². The molecule has 0 bridgehead atoms. The Balaban J connectivity index is 2.11. The number of nitrogens with zero attached hydrogens (tertiary/aromatic N) is 1. The summed E-state index contributed by atoms with van der Waals surface area (Å²) in [7, 11) is 0. The number of hydrogen-bond acceptors (Lipinski definition) is 2. The maximum atomic E-state index is 4.46. The minimum absolute atomic E-state index is 0.376. The maximum Gasteiger partial charge on any atom is 0.0654 e. The van der Waals surface area contributed by atoms with Gasteiger partial charge >= 0.3 is 0 Å². The largest absolute Gasteiger partial charge is 0.304 e. The Morgan fingerprint density at radius 2 is 2.36 bits per heavy atom. The molecule has 0 aromatic carbocycles. The van der Waals surface area contributed by atoms with Gasteiger partial charge in [-0.25, -0.2) is 0 Å². The van der Waals surface area contributed by atoms with Crippen LogP contribution in [-0.4, -0.2) is 11.5 Å². The van der Waals surface area contributed by atoms with Crippen molar-refractivity contribution in [3.8, 4) is 0 Å². The molecule has 2 aliphatic rings. The van der Waals surface area contributed by atoms with Gasteiger partial charge in [0.25, 0.3) is 0 Å². The molecule has 1 N–H and O–H groups in total. The van der Waals surface area contributed by atoms with Crippen molar-refractivity contribution < 1.29 is 0 Å². The van der Waals surface area contributed by atoms with Crippen LogP contribution in [0.4, 0.5) is 0 Å². The molecule has 3 rings (SSSR count). The Bertz CT molecular complexity index is 407. The Hall–Kier alpha value is -1.41. The summed E-state index contributed by atoms with van der Waals surface area (Å²) in [6.45, 7) is 0.949. The summed E-state index contributed by atoms with van der Waals surface area (Å²) >= 11 is 0. The second-order valence-corrected chi connectivity index (χ2v) is 3.73. The van der Waals surface area contributed by atoms with Crippen LogP contribution < -0.4 is 5.32 Å². The van der Waals surface area contributed by atoms with Crippen molar-refractivity contribution in [1.29, 1.82) is 0 Å². The molecule has 1 aromatic heterocycles. The summed E-state index contributed by atoms with van der Waals surface area (Å²) in [6.07, 6.45) is 10.7. The fourth-order valence-corrected chi connectivity index (χ4v) is 2.17. The van der Waals surface area contributed by atoms with Crippen molar-refractivity contribution in [2.75, 3.05) is 6.54 Å². The van der Waals surface area contributed by atoms with Gasteiger partial charge in [-0.05, 0) is 11.6 Å². The van der Waals surface area contributed by atoms with Gasteiger partial charge in [0, 0.05) is 18.7 Å². The van der Waals surface area contributed by atoms with E-state index in [0.29, 0.717) is 12.0 Å². The maximum absolute atomic E-state index is 4.46. The summed E-state index contributed by atoms with van der Waals surface area (Å²) in [5.74, 6) is 0.478. The quantitative estimate of drug-likeness (QED) is 0.623. The molecule has 0 amide bonds. The SMILES string of the molecule is C1=C[C@@H]2C=Cc3cccnc3C2NC1. The van der Waals surface area contributed by atoms with Gasteiger partial charge in [-0.15, -0.1) is 0 Å². The summed E-state index contributed by atoms with van der Waals surface area (Å²) < 4.78 is 0. The minimum Gasteiger partial charge on any atom is -0.304 e. The van der Waals surface area contributed by atoms with Gasteiger partial charge < -0.3 is 5.32 Å². The van der Waals surface area contributed by atoms with Gasteiger partial charge in [-0.2, -0.15) is 0 Å². The number of fused-ring (bicyclic) bond motifs is 3. The number of rotatable bonds is 0. The van der Waals surface area contributed by atoms with Crippen LogP contribution in [0.3, 0.4) is 0 Å². The third kappa shape index (κ3) is 1.11. The predicted molar refractivity (Wildman–Crippen MR) is 56.6 cm³/mol. The van der Waals surface area contributed by atoms with E-state index in [4.69, 9.17) is 0 Å². The monoisotopic (exact) mass is 184 g/mol. The first-order chi connectivity index (χ1) is 6.95. The van der Waals surface area contributed by atoms with Gasteiger partial charge in [-0.1, -0.05) is 30.4 Å². The average Bonchev–Trinajstić information content (AvgIpc) is 2.29. The van der Waals surface area contributed by atoms with Crippen LogP contribution in [0.2, 0.25) is 0 Å². The fourth-order valence-electron chi connectivity index (χ4n) is 2.17. The lowest BCUT2D eigenvalue weighted by molar-refractivity contribution is 0.464. The molecule has 2 heteroatoms. The average molecular weight is 184 g/mol. The van der Waals surface area contributed by atoms with Crippen LogP contribution in [-0.2, 0) is 0 Å². The Morgan fingerprint density at radius 3 is 3.36 bits per heavy atom. The first kappa shape index (κ1) is 7.94. The molecular formula is C12H12N2. The molecule has 70 valence electrons. The zero-order valence-corrected chi connectivity index (χ0v) is 7.85. The highest BCUT2D eigenvalue weighted by atomic mass is 15.0. The van der Waals surface area contributed by atoms with Crippen LogP contribution in [0, 0.1) is 5.92 Å². The smallest absolute Gasteiger partial charge is 0.0654 e. The lowest BCUT2D eigenvalue weighted by atomic mass is 9.86. The number of aromatic nitrogens is 1. The second-order valence-electron chi connectivity index (χ2n) is 3.73. The van der Waals surface area contributed by atoms with E-state index in [1.807, 2.05) is 12.3 Å². The Kier molecular flexibility index (Phi) is 1.74. The summed E-state index contributed by atoms with van der Waals surface area (Å²) in [5.41, 5.74) is 2.43. The van der Waals surface area contributed by atoms with E-state index in [1.165, 1.54) is 11.3 Å². The molecule has 1 aliphatic heterocycles. The van der Waals surface area contributed by atoms with E-state index < -0.39 is 0 Å². The van der Waals surface area contributed by atoms with E-state index >= 15 is 0 Å². The van der Waals surface area contributed by atoms with Crippen LogP contribution in [0.15, 0.2) is 36.6 Å². The highest BCUT2D eigenvalue weighted by Crippen LogP contribution is 2.32. The second kappa shape index (κ2) is 3.07. The zero-order valence-electron chi connectivity index (χ0n) is 7.85. The first-order valence-corrected chi connectivity index (χ1v) is 4.98. The molecule has 0 fully saturated rings. The Morgan fingerprint density at radius 1 is 1.36 bits per heavy atom. The van der Waals surface area contributed by atoms with Gasteiger partial charge in [0.15, 0.2) is 0 Å². The summed E-state index contributed by atoms with van der Waals surface area (Å²) in [5, 5.41) is 3.48. The lowest BCUT2D eigenvalue weighted by Crippen LogP contribution is -2.32. The third-order valence-corrected chi connectivity index (χ3v) is 2.86. The minimum atomic E-state index is 0.376. The molecule has 1 unspecified atom stereocenters. The molecule has 0 radical (unpaired) electrons. The molecule has 2 atom stereocenters. The molecule has 2 heterocycles. The van der Waals surface area contributed by atoms with Crippen LogP contribution in [0.25, 0.3) is 6.08 Å². The van der Waals surface area contributed by atoms with Crippen molar-refractivity contribution in [3.63, 3.8) is 0 Å². The fraction of sp³-hybridized carbons (Fsp3) is 0.250. The summed E-state index contributed by atoms with van der Waals surface area (Å²) in [4.78, 5) is 4.46. The van der Waals surface area contributed by atoms with Crippen LogP contribution >= 0.6 is 0 Å². The van der Waals surface area contributed by atoms with E-state index in [1.54, 1.807) is 0 Å². The topological polar surface area (TPSA) is 24.9 Å². The number of pyridine rings is 1. The van der Waals surface area contributed by atoms with Gasteiger partial charge in [-0.3, -0.25) is 4.98 Å². The Labute approximate surface area is 83.4 Å².